The minimum absolute atomic E-state index is 0.606. The summed E-state index contributed by atoms with van der Waals surface area (Å²) in [5, 5.41) is 18.5. The van der Waals surface area contributed by atoms with Crippen LogP contribution >= 0.6 is 11.3 Å². The van der Waals surface area contributed by atoms with Crippen molar-refractivity contribution < 1.29 is 23.2 Å². The lowest BCUT2D eigenvalue weighted by Crippen LogP contribution is -2.16. The summed E-state index contributed by atoms with van der Waals surface area (Å²) in [6, 6.07) is 12.6. The van der Waals surface area contributed by atoms with Gasteiger partial charge < -0.3 is 14.9 Å². The third-order valence-electron chi connectivity index (χ3n) is 4.53. The number of aromatic nitrogens is 1. The van der Waals surface area contributed by atoms with Crippen LogP contribution in [0.1, 0.15) is 21.7 Å². The smallest absolute Gasteiger partial charge is 0.424 e. The first-order valence-electron chi connectivity index (χ1n) is 9.13. The molecule has 0 aliphatic rings. The largest absolute Gasteiger partial charge is 0.480 e. The molecule has 0 atom stereocenters. The molecule has 9 heteroatoms. The molecule has 0 saturated carbocycles. The number of alkyl halides is 3. The van der Waals surface area contributed by atoms with Gasteiger partial charge in [-0.15, -0.1) is 11.3 Å². The maximum atomic E-state index is 12.8. The number of hydrogen-bond donors (Lipinski definition) is 2. The summed E-state index contributed by atoms with van der Waals surface area (Å²) < 4.78 is 38.3. The lowest BCUT2D eigenvalue weighted by molar-refractivity contribution is -0.137. The Hall–Kier alpha value is -2.62. The lowest BCUT2D eigenvalue weighted by Gasteiger charge is -2.18. The SMILES string of the molecule is Cc1nc(-c2ccc(C(F)(F)F)cc2)sc1CN(C)c1ccc(/C=C/B(O)O)cc1. The molecule has 0 fully saturated rings. The minimum Gasteiger partial charge on any atom is -0.424 e. The van der Waals surface area contributed by atoms with Crippen molar-refractivity contribution in [2.75, 3.05) is 11.9 Å². The number of halogens is 3. The molecule has 0 unspecified atom stereocenters. The molecule has 4 nitrogen and oxygen atoms in total. The van der Waals surface area contributed by atoms with E-state index in [4.69, 9.17) is 10.0 Å². The molecule has 0 spiro atoms. The summed E-state index contributed by atoms with van der Waals surface area (Å²) in [5.74, 6) is 1.28. The van der Waals surface area contributed by atoms with Crippen LogP contribution in [0.3, 0.4) is 0 Å². The van der Waals surface area contributed by atoms with Gasteiger partial charge in [-0.25, -0.2) is 4.98 Å². The zero-order chi connectivity index (χ0) is 21.9. The molecular formula is C21H20BF3N2O2S. The Balaban J connectivity index is 1.72. The van der Waals surface area contributed by atoms with Crippen LogP contribution in [0.25, 0.3) is 16.6 Å². The number of anilines is 1. The number of thiazole rings is 1. The molecule has 30 heavy (non-hydrogen) atoms. The first-order valence-corrected chi connectivity index (χ1v) is 9.94. The predicted molar refractivity (Wildman–Crippen MR) is 115 cm³/mol. The zero-order valence-electron chi connectivity index (χ0n) is 16.4. The van der Waals surface area contributed by atoms with E-state index < -0.39 is 18.9 Å². The summed E-state index contributed by atoms with van der Waals surface area (Å²) >= 11 is 1.46. The maximum absolute atomic E-state index is 12.8. The van der Waals surface area contributed by atoms with Gasteiger partial charge >= 0.3 is 13.3 Å². The number of aryl methyl sites for hydroxylation is 1. The van der Waals surface area contributed by atoms with E-state index in [1.807, 2.05) is 43.1 Å². The Kier molecular flexibility index (Phi) is 6.65. The fourth-order valence-electron chi connectivity index (χ4n) is 2.84. The van der Waals surface area contributed by atoms with Gasteiger partial charge in [0.25, 0.3) is 0 Å². The zero-order valence-corrected chi connectivity index (χ0v) is 17.2. The second-order valence-corrected chi connectivity index (χ2v) is 7.91. The van der Waals surface area contributed by atoms with E-state index in [1.165, 1.54) is 29.4 Å². The van der Waals surface area contributed by atoms with Crippen LogP contribution in [0.5, 0.6) is 0 Å². The average Bonchev–Trinajstić information content (AvgIpc) is 3.06. The van der Waals surface area contributed by atoms with Gasteiger partial charge in [-0.05, 0) is 36.8 Å². The van der Waals surface area contributed by atoms with Crippen molar-refractivity contribution in [1.82, 2.24) is 4.98 Å². The van der Waals surface area contributed by atoms with E-state index >= 15 is 0 Å². The van der Waals surface area contributed by atoms with E-state index in [0.29, 0.717) is 17.1 Å². The van der Waals surface area contributed by atoms with Crippen LogP contribution in [0.15, 0.2) is 54.5 Å². The molecule has 1 heterocycles. The Morgan fingerprint density at radius 3 is 2.27 bits per heavy atom. The second kappa shape index (κ2) is 9.03. The standard InChI is InChI=1S/C21H20BF3N2O2S/c1-14-19(13-27(2)18-9-3-15(4-10-18)11-12-22(28)29)30-20(26-14)16-5-7-17(8-6-16)21(23,24)25/h3-12,28-29H,13H2,1-2H3/b12-11+. The normalized spacial score (nSPS) is 11.8. The highest BCUT2D eigenvalue weighted by molar-refractivity contribution is 7.15. The molecule has 0 aliphatic carbocycles. The van der Waals surface area contributed by atoms with Crippen molar-refractivity contribution in [3.05, 3.63) is 76.2 Å². The molecule has 0 aliphatic heterocycles. The molecule has 3 aromatic rings. The van der Waals surface area contributed by atoms with Gasteiger partial charge in [0.1, 0.15) is 5.01 Å². The third kappa shape index (κ3) is 5.50. The van der Waals surface area contributed by atoms with Crippen molar-refractivity contribution >= 4 is 30.2 Å². The highest BCUT2D eigenvalue weighted by Crippen LogP contribution is 2.33. The fraction of sp³-hybridized carbons (Fsp3) is 0.190. The van der Waals surface area contributed by atoms with Gasteiger partial charge in [-0.3, -0.25) is 0 Å². The van der Waals surface area contributed by atoms with Crippen LogP contribution in [0.2, 0.25) is 0 Å². The number of benzene rings is 2. The highest BCUT2D eigenvalue weighted by Gasteiger charge is 2.30. The maximum Gasteiger partial charge on any atom is 0.480 e. The molecule has 0 radical (unpaired) electrons. The number of rotatable bonds is 6. The molecule has 156 valence electrons. The topological polar surface area (TPSA) is 56.6 Å². The molecule has 3 rings (SSSR count). The fourth-order valence-corrected chi connectivity index (χ4v) is 3.97. The third-order valence-corrected chi connectivity index (χ3v) is 5.72. The molecule has 0 bridgehead atoms. The molecule has 2 aromatic carbocycles. The predicted octanol–water partition coefficient (Wildman–Crippen LogP) is 4.80. The monoisotopic (exact) mass is 432 g/mol. The highest BCUT2D eigenvalue weighted by atomic mass is 32.1. The van der Waals surface area contributed by atoms with Crippen LogP contribution in [0, 0.1) is 6.92 Å². The number of hydrogen-bond acceptors (Lipinski definition) is 5. The van der Waals surface area contributed by atoms with Gasteiger partial charge in [-0.1, -0.05) is 36.3 Å². The first kappa shape index (κ1) is 22.1. The summed E-state index contributed by atoms with van der Waals surface area (Å²) in [7, 11) is 0.458. The number of nitrogens with zero attached hydrogens (tertiary/aromatic N) is 2. The van der Waals surface area contributed by atoms with Gasteiger partial charge in [0.05, 0.1) is 17.8 Å². The first-order chi connectivity index (χ1) is 14.1. The average molecular weight is 432 g/mol. The summed E-state index contributed by atoms with van der Waals surface area (Å²) in [6.45, 7) is 2.50. The quantitative estimate of drug-likeness (QED) is 0.550. The Morgan fingerprint density at radius 2 is 1.70 bits per heavy atom. The van der Waals surface area contributed by atoms with Crippen LogP contribution in [-0.2, 0) is 12.7 Å². The molecule has 1 aromatic heterocycles. The van der Waals surface area contributed by atoms with Crippen LogP contribution in [0.4, 0.5) is 18.9 Å². The summed E-state index contributed by atoms with van der Waals surface area (Å²) in [5.41, 5.74) is 2.65. The summed E-state index contributed by atoms with van der Waals surface area (Å²) in [6.07, 6.45) is -2.73. The van der Waals surface area contributed by atoms with Crippen molar-refractivity contribution in [3.63, 3.8) is 0 Å². The van der Waals surface area contributed by atoms with Crippen molar-refractivity contribution in [2.24, 2.45) is 0 Å². The van der Waals surface area contributed by atoms with E-state index in [0.717, 1.165) is 34.0 Å². The van der Waals surface area contributed by atoms with E-state index in [-0.39, 0.29) is 0 Å². The van der Waals surface area contributed by atoms with E-state index in [2.05, 4.69) is 4.98 Å². The molecule has 2 N–H and O–H groups in total. The van der Waals surface area contributed by atoms with Gasteiger partial charge in [0.2, 0.25) is 0 Å². The Bertz CT molecular complexity index is 1020. The van der Waals surface area contributed by atoms with E-state index in [9.17, 15) is 13.2 Å². The molecular weight excluding hydrogens is 412 g/mol. The molecule has 0 amide bonds. The second-order valence-electron chi connectivity index (χ2n) is 6.82. The van der Waals surface area contributed by atoms with Gasteiger partial charge in [0, 0.05) is 23.2 Å². The summed E-state index contributed by atoms with van der Waals surface area (Å²) in [4.78, 5) is 7.60. The van der Waals surface area contributed by atoms with Crippen molar-refractivity contribution in [2.45, 2.75) is 19.6 Å². The van der Waals surface area contributed by atoms with Gasteiger partial charge in [0.15, 0.2) is 0 Å². The minimum atomic E-state index is -4.35. The van der Waals surface area contributed by atoms with Gasteiger partial charge in [-0.2, -0.15) is 13.2 Å². The Morgan fingerprint density at radius 1 is 1.07 bits per heavy atom. The van der Waals surface area contributed by atoms with Crippen LogP contribution in [-0.4, -0.2) is 29.2 Å². The van der Waals surface area contributed by atoms with Crippen molar-refractivity contribution in [3.8, 4) is 10.6 Å². The molecule has 0 saturated heterocycles. The van der Waals surface area contributed by atoms with Crippen LogP contribution < -0.4 is 4.90 Å². The Labute approximate surface area is 177 Å². The lowest BCUT2D eigenvalue weighted by atomic mass is 9.91. The van der Waals surface area contributed by atoms with E-state index in [1.54, 1.807) is 6.08 Å². The van der Waals surface area contributed by atoms with Crippen molar-refractivity contribution in [1.29, 1.82) is 0 Å².